The number of carbonyl (C=O) groups is 1. The first-order valence-electron chi connectivity index (χ1n) is 5.82. The topological polar surface area (TPSA) is 55.8 Å². The summed E-state index contributed by atoms with van der Waals surface area (Å²) < 4.78 is 23.9. The summed E-state index contributed by atoms with van der Waals surface area (Å²) >= 11 is 0. The number of hydrogen-bond acceptors (Lipinski definition) is 3. The van der Waals surface area contributed by atoms with Gasteiger partial charge in [0.05, 0.1) is 19.8 Å². The van der Waals surface area contributed by atoms with Gasteiger partial charge in [-0.1, -0.05) is 12.1 Å². The molecule has 0 heterocycles. The predicted molar refractivity (Wildman–Crippen MR) is 71.9 cm³/mol. The number of hydrogen-bond donors (Lipinski definition) is 1. The molecule has 0 fully saturated rings. The van der Waals surface area contributed by atoms with Gasteiger partial charge in [-0.05, 0) is 24.3 Å². The molecule has 2 aromatic rings. The summed E-state index contributed by atoms with van der Waals surface area (Å²) in [6.07, 6.45) is 0. The fraction of sp³-hybridized carbons (Fsp3) is 0.133. The lowest BCUT2D eigenvalue weighted by Gasteiger charge is -2.14. The number of rotatable bonds is 4. The van der Waals surface area contributed by atoms with Crippen molar-refractivity contribution in [3.8, 4) is 22.6 Å². The van der Waals surface area contributed by atoms with Crippen molar-refractivity contribution in [3.63, 3.8) is 0 Å². The maximum atomic E-state index is 13.4. The van der Waals surface area contributed by atoms with Crippen LogP contribution in [0, 0.1) is 5.82 Å². The number of ether oxygens (including phenoxy) is 2. The summed E-state index contributed by atoms with van der Waals surface area (Å²) in [6, 6.07) is 8.53. The van der Waals surface area contributed by atoms with Crippen molar-refractivity contribution >= 4 is 5.97 Å². The van der Waals surface area contributed by atoms with Crippen LogP contribution >= 0.6 is 0 Å². The van der Waals surface area contributed by atoms with Gasteiger partial charge in [-0.2, -0.15) is 0 Å². The monoisotopic (exact) mass is 276 g/mol. The first-order valence-corrected chi connectivity index (χ1v) is 5.82. The summed E-state index contributed by atoms with van der Waals surface area (Å²) in [5.41, 5.74) is 0.704. The summed E-state index contributed by atoms with van der Waals surface area (Å²) in [7, 11) is 2.92. The summed E-state index contributed by atoms with van der Waals surface area (Å²) in [4.78, 5) is 11.3. The molecule has 0 saturated heterocycles. The minimum Gasteiger partial charge on any atom is -0.493 e. The van der Waals surface area contributed by atoms with Crippen LogP contribution in [0.4, 0.5) is 4.39 Å². The average molecular weight is 276 g/mol. The van der Waals surface area contributed by atoms with Crippen LogP contribution in [-0.2, 0) is 0 Å². The van der Waals surface area contributed by atoms with Crippen molar-refractivity contribution in [2.75, 3.05) is 14.2 Å². The third-order valence-corrected chi connectivity index (χ3v) is 2.91. The van der Waals surface area contributed by atoms with Crippen LogP contribution in [0.1, 0.15) is 10.4 Å². The molecular weight excluding hydrogens is 263 g/mol. The molecule has 0 aliphatic carbocycles. The normalized spacial score (nSPS) is 10.2. The third kappa shape index (κ3) is 2.42. The minimum absolute atomic E-state index is 0.00190. The van der Waals surface area contributed by atoms with Gasteiger partial charge in [0.1, 0.15) is 5.82 Å². The van der Waals surface area contributed by atoms with Gasteiger partial charge in [0.25, 0.3) is 0 Å². The quantitative estimate of drug-likeness (QED) is 0.931. The molecule has 0 spiro atoms. The maximum absolute atomic E-state index is 13.4. The Morgan fingerprint density at radius 2 is 1.85 bits per heavy atom. The van der Waals surface area contributed by atoms with Gasteiger partial charge in [0, 0.05) is 11.1 Å². The summed E-state index contributed by atoms with van der Waals surface area (Å²) in [5, 5.41) is 9.21. The highest BCUT2D eigenvalue weighted by atomic mass is 19.1. The molecule has 4 nitrogen and oxygen atoms in total. The molecule has 5 heteroatoms. The van der Waals surface area contributed by atoms with Gasteiger partial charge < -0.3 is 14.6 Å². The van der Waals surface area contributed by atoms with Crippen molar-refractivity contribution in [1.82, 2.24) is 0 Å². The molecule has 0 unspecified atom stereocenters. The Balaban J connectivity index is 2.74. The van der Waals surface area contributed by atoms with Crippen molar-refractivity contribution in [1.29, 1.82) is 0 Å². The highest BCUT2D eigenvalue weighted by Gasteiger charge is 2.18. The standard InChI is InChI=1S/C15H13FO4/c1-19-13-5-3-4-10(14(13)20-2)12-8-9(16)6-7-11(12)15(17)18/h3-8H,1-2H3,(H,17,18). The lowest BCUT2D eigenvalue weighted by molar-refractivity contribution is 0.0697. The number of benzene rings is 2. The molecule has 1 N–H and O–H groups in total. The summed E-state index contributed by atoms with van der Waals surface area (Å²) in [6.45, 7) is 0. The predicted octanol–water partition coefficient (Wildman–Crippen LogP) is 3.21. The summed E-state index contributed by atoms with van der Waals surface area (Å²) in [5.74, 6) is -0.839. The van der Waals surface area contributed by atoms with Gasteiger partial charge in [0.2, 0.25) is 0 Å². The Kier molecular flexibility index (Phi) is 3.89. The zero-order valence-electron chi connectivity index (χ0n) is 11.0. The fourth-order valence-corrected chi connectivity index (χ4v) is 2.03. The molecule has 2 rings (SSSR count). The third-order valence-electron chi connectivity index (χ3n) is 2.91. The molecule has 0 radical (unpaired) electrons. The highest BCUT2D eigenvalue weighted by molar-refractivity contribution is 5.97. The zero-order chi connectivity index (χ0) is 14.7. The largest absolute Gasteiger partial charge is 0.493 e. The van der Waals surface area contributed by atoms with E-state index in [0.717, 1.165) is 6.07 Å². The molecule has 104 valence electrons. The molecule has 0 amide bonds. The lowest BCUT2D eigenvalue weighted by atomic mass is 9.98. The Morgan fingerprint density at radius 1 is 1.10 bits per heavy atom. The van der Waals surface area contributed by atoms with E-state index in [1.807, 2.05) is 0 Å². The zero-order valence-corrected chi connectivity index (χ0v) is 11.0. The van der Waals surface area contributed by atoms with Crippen molar-refractivity contribution in [2.24, 2.45) is 0 Å². The molecule has 0 bridgehead atoms. The van der Waals surface area contributed by atoms with Crippen molar-refractivity contribution < 1.29 is 23.8 Å². The van der Waals surface area contributed by atoms with Crippen LogP contribution in [0.5, 0.6) is 11.5 Å². The van der Waals surface area contributed by atoms with E-state index in [4.69, 9.17) is 9.47 Å². The van der Waals surface area contributed by atoms with E-state index in [-0.39, 0.29) is 11.1 Å². The van der Waals surface area contributed by atoms with E-state index in [9.17, 15) is 14.3 Å². The van der Waals surface area contributed by atoms with E-state index >= 15 is 0 Å². The number of carboxylic acid groups (broad SMARTS) is 1. The number of methoxy groups -OCH3 is 2. The molecule has 0 aliphatic rings. The fourth-order valence-electron chi connectivity index (χ4n) is 2.03. The SMILES string of the molecule is COc1cccc(-c2cc(F)ccc2C(=O)O)c1OC. The van der Waals surface area contributed by atoms with Crippen molar-refractivity contribution in [3.05, 3.63) is 47.8 Å². The van der Waals surface area contributed by atoms with Crippen LogP contribution in [0.25, 0.3) is 11.1 Å². The van der Waals surface area contributed by atoms with Gasteiger partial charge >= 0.3 is 5.97 Å². The van der Waals surface area contributed by atoms with E-state index in [1.165, 1.54) is 26.4 Å². The number of halogens is 1. The van der Waals surface area contributed by atoms with Gasteiger partial charge in [-0.3, -0.25) is 0 Å². The highest BCUT2D eigenvalue weighted by Crippen LogP contribution is 2.39. The first-order chi connectivity index (χ1) is 9.58. The average Bonchev–Trinajstić information content (AvgIpc) is 2.45. The van der Waals surface area contributed by atoms with Gasteiger partial charge in [0.15, 0.2) is 11.5 Å². The second-order valence-corrected chi connectivity index (χ2v) is 4.04. The number of para-hydroxylation sites is 1. The Hall–Kier alpha value is -2.56. The molecule has 20 heavy (non-hydrogen) atoms. The van der Waals surface area contributed by atoms with Crippen LogP contribution in [-0.4, -0.2) is 25.3 Å². The molecule has 0 atom stereocenters. The van der Waals surface area contributed by atoms with E-state index in [1.54, 1.807) is 18.2 Å². The van der Waals surface area contributed by atoms with Crippen molar-refractivity contribution in [2.45, 2.75) is 0 Å². The van der Waals surface area contributed by atoms with Crippen LogP contribution in [0.15, 0.2) is 36.4 Å². The molecule has 2 aromatic carbocycles. The number of aromatic carboxylic acids is 1. The molecular formula is C15H13FO4. The van der Waals surface area contributed by atoms with E-state index in [0.29, 0.717) is 17.1 Å². The van der Waals surface area contributed by atoms with Gasteiger partial charge in [-0.15, -0.1) is 0 Å². The minimum atomic E-state index is -1.13. The molecule has 0 aliphatic heterocycles. The Bertz CT molecular complexity index is 652. The second kappa shape index (κ2) is 5.61. The second-order valence-electron chi connectivity index (χ2n) is 4.04. The maximum Gasteiger partial charge on any atom is 0.336 e. The lowest BCUT2D eigenvalue weighted by Crippen LogP contribution is -2.01. The Labute approximate surface area is 115 Å². The number of carboxylic acids is 1. The first kappa shape index (κ1) is 13.9. The van der Waals surface area contributed by atoms with Crippen LogP contribution in [0.2, 0.25) is 0 Å². The van der Waals surface area contributed by atoms with E-state index in [2.05, 4.69) is 0 Å². The van der Waals surface area contributed by atoms with Crippen LogP contribution < -0.4 is 9.47 Å². The molecule has 0 saturated carbocycles. The van der Waals surface area contributed by atoms with E-state index < -0.39 is 11.8 Å². The Morgan fingerprint density at radius 3 is 2.45 bits per heavy atom. The molecule has 0 aromatic heterocycles. The smallest absolute Gasteiger partial charge is 0.336 e. The van der Waals surface area contributed by atoms with Gasteiger partial charge in [-0.25, -0.2) is 9.18 Å². The van der Waals surface area contributed by atoms with Crippen LogP contribution in [0.3, 0.4) is 0 Å².